The predicted molar refractivity (Wildman–Crippen MR) is 244 cm³/mol. The SMILES string of the molecule is CC1(C)c2ccc(C3=CC=C(c4c5ccccc5c(-c5cccc6ccccc56)c5ccccc45)CC3)cc2-c2ccc3ccc4c5ccccc5sc4c3c21. The summed E-state index contributed by atoms with van der Waals surface area (Å²) < 4.78 is 2.78. The van der Waals surface area contributed by atoms with Gasteiger partial charge in [0.2, 0.25) is 0 Å². The minimum Gasteiger partial charge on any atom is -0.135 e. The molecule has 0 atom stereocenters. The summed E-state index contributed by atoms with van der Waals surface area (Å²) in [5, 5.41) is 13.4. The standard InChI is InChI=1S/C55H38S/c1-55(2)48-31-28-37(32-47(48)45-29-26-36-27-30-46-39-15-9-10-21-49(39)56-54(46)51(36)53(45)55)33-22-24-35(25-23-33)50-41-16-5-7-18-43(41)52(44-19-8-6-17-42(44)50)40-20-11-13-34-12-3-4-14-38(34)40/h3-22,24,26-32H,23,25H2,1-2H3. The van der Waals surface area contributed by atoms with Crippen LogP contribution in [0.15, 0.2) is 170 Å². The second-order valence-electron chi connectivity index (χ2n) is 16.3. The topological polar surface area (TPSA) is 0 Å². The highest BCUT2D eigenvalue weighted by Gasteiger charge is 2.38. The molecule has 0 saturated heterocycles. The molecule has 0 amide bonds. The van der Waals surface area contributed by atoms with Gasteiger partial charge in [-0.05, 0) is 118 Å². The molecule has 9 aromatic carbocycles. The molecule has 1 aromatic heterocycles. The Balaban J connectivity index is 0.997. The van der Waals surface area contributed by atoms with Gasteiger partial charge in [-0.3, -0.25) is 0 Å². The fourth-order valence-electron chi connectivity index (χ4n) is 10.4. The average Bonchev–Trinajstić information content (AvgIpc) is 3.74. The van der Waals surface area contributed by atoms with Crippen LogP contribution in [0.2, 0.25) is 0 Å². The van der Waals surface area contributed by atoms with Crippen molar-refractivity contribution < 1.29 is 0 Å². The van der Waals surface area contributed by atoms with Gasteiger partial charge in [0, 0.05) is 31.0 Å². The average molecular weight is 731 g/mol. The zero-order valence-corrected chi connectivity index (χ0v) is 32.3. The second-order valence-corrected chi connectivity index (χ2v) is 17.3. The normalized spacial score (nSPS) is 14.8. The number of rotatable bonds is 3. The summed E-state index contributed by atoms with van der Waals surface area (Å²) in [6.07, 6.45) is 6.84. The minimum atomic E-state index is -0.0957. The number of fused-ring (bicyclic) bond motifs is 12. The third-order valence-electron chi connectivity index (χ3n) is 13.0. The number of hydrogen-bond acceptors (Lipinski definition) is 1. The molecule has 0 nitrogen and oxygen atoms in total. The highest BCUT2D eigenvalue weighted by atomic mass is 32.1. The van der Waals surface area contributed by atoms with Crippen molar-refractivity contribution in [2.45, 2.75) is 32.1 Å². The molecular weight excluding hydrogens is 693 g/mol. The first-order valence-corrected chi connectivity index (χ1v) is 20.7. The maximum Gasteiger partial charge on any atom is 0.0437 e. The fraction of sp³-hybridized carbons (Fsp3) is 0.0909. The molecule has 0 fully saturated rings. The third-order valence-corrected chi connectivity index (χ3v) is 14.2. The van der Waals surface area contributed by atoms with Crippen LogP contribution < -0.4 is 0 Å². The Bertz CT molecular complexity index is 3320. The van der Waals surface area contributed by atoms with Gasteiger partial charge in [0.05, 0.1) is 0 Å². The predicted octanol–water partition coefficient (Wildman–Crippen LogP) is 15.9. The molecule has 2 aliphatic carbocycles. The van der Waals surface area contributed by atoms with E-state index in [1.807, 2.05) is 11.3 Å². The highest BCUT2D eigenvalue weighted by molar-refractivity contribution is 7.26. The van der Waals surface area contributed by atoms with E-state index in [2.05, 4.69) is 184 Å². The third kappa shape index (κ3) is 4.47. The van der Waals surface area contributed by atoms with Crippen molar-refractivity contribution in [1.29, 1.82) is 0 Å². The first-order chi connectivity index (χ1) is 27.5. The molecule has 0 spiro atoms. The Morgan fingerprint density at radius 3 is 1.82 bits per heavy atom. The van der Waals surface area contributed by atoms with Gasteiger partial charge in [0.1, 0.15) is 0 Å². The largest absolute Gasteiger partial charge is 0.135 e. The lowest BCUT2D eigenvalue weighted by atomic mass is 9.79. The summed E-state index contributed by atoms with van der Waals surface area (Å²) in [4.78, 5) is 0. The van der Waals surface area contributed by atoms with E-state index in [4.69, 9.17) is 0 Å². The number of allylic oxidation sites excluding steroid dienone is 4. The van der Waals surface area contributed by atoms with E-state index < -0.39 is 0 Å². The van der Waals surface area contributed by atoms with Crippen LogP contribution in [0.1, 0.15) is 48.9 Å². The van der Waals surface area contributed by atoms with Crippen LogP contribution in [0.4, 0.5) is 0 Å². The van der Waals surface area contributed by atoms with Gasteiger partial charge >= 0.3 is 0 Å². The zero-order chi connectivity index (χ0) is 37.1. The van der Waals surface area contributed by atoms with Crippen molar-refractivity contribution in [2.75, 3.05) is 0 Å². The van der Waals surface area contributed by atoms with Gasteiger partial charge in [-0.2, -0.15) is 0 Å². The lowest BCUT2D eigenvalue weighted by Gasteiger charge is -2.24. The van der Waals surface area contributed by atoms with E-state index in [1.54, 1.807) is 0 Å². The maximum absolute atomic E-state index is 2.49. The van der Waals surface area contributed by atoms with Crippen LogP contribution in [-0.2, 0) is 5.41 Å². The van der Waals surface area contributed by atoms with Crippen molar-refractivity contribution in [3.05, 3.63) is 192 Å². The van der Waals surface area contributed by atoms with Gasteiger partial charge in [0.15, 0.2) is 0 Å². The van der Waals surface area contributed by atoms with E-state index in [1.165, 1.54) is 119 Å². The van der Waals surface area contributed by atoms with Crippen LogP contribution in [0, 0.1) is 0 Å². The first-order valence-electron chi connectivity index (χ1n) is 19.9. The van der Waals surface area contributed by atoms with Crippen LogP contribution in [-0.4, -0.2) is 0 Å². The second kappa shape index (κ2) is 11.9. The van der Waals surface area contributed by atoms with E-state index >= 15 is 0 Å². The molecule has 0 unspecified atom stereocenters. The van der Waals surface area contributed by atoms with Crippen molar-refractivity contribution in [1.82, 2.24) is 0 Å². The van der Waals surface area contributed by atoms with Gasteiger partial charge in [-0.15, -0.1) is 11.3 Å². The number of benzene rings is 9. The summed E-state index contributed by atoms with van der Waals surface area (Å²) in [7, 11) is 0. The van der Waals surface area contributed by atoms with Crippen molar-refractivity contribution in [2.24, 2.45) is 0 Å². The lowest BCUT2D eigenvalue weighted by Crippen LogP contribution is -2.15. The van der Waals surface area contributed by atoms with Crippen molar-refractivity contribution in [3.8, 4) is 22.3 Å². The Hall–Kier alpha value is -6.28. The number of thiophene rings is 1. The van der Waals surface area contributed by atoms with Gasteiger partial charge in [0.25, 0.3) is 0 Å². The molecule has 2 aliphatic rings. The Morgan fingerprint density at radius 1 is 0.446 bits per heavy atom. The Morgan fingerprint density at radius 2 is 1.07 bits per heavy atom. The van der Waals surface area contributed by atoms with E-state index in [-0.39, 0.29) is 5.41 Å². The molecule has 0 saturated carbocycles. The van der Waals surface area contributed by atoms with Crippen LogP contribution in [0.3, 0.4) is 0 Å². The zero-order valence-electron chi connectivity index (χ0n) is 31.5. The minimum absolute atomic E-state index is 0.0957. The van der Waals surface area contributed by atoms with Crippen molar-refractivity contribution >= 4 is 85.7 Å². The smallest absolute Gasteiger partial charge is 0.0437 e. The lowest BCUT2D eigenvalue weighted by molar-refractivity contribution is 0.666. The molecule has 0 radical (unpaired) electrons. The molecule has 0 N–H and O–H groups in total. The molecule has 264 valence electrons. The summed E-state index contributed by atoms with van der Waals surface area (Å²) in [5.41, 5.74) is 13.7. The molecule has 56 heavy (non-hydrogen) atoms. The first kappa shape index (κ1) is 32.0. The monoisotopic (exact) mass is 730 g/mol. The molecule has 1 heteroatoms. The summed E-state index contributed by atoms with van der Waals surface area (Å²) in [6, 6.07) is 59.2. The molecular formula is C55H38S. The highest BCUT2D eigenvalue weighted by Crippen LogP contribution is 2.54. The Labute approximate surface area is 330 Å². The van der Waals surface area contributed by atoms with Crippen LogP contribution in [0.5, 0.6) is 0 Å². The summed E-state index contributed by atoms with van der Waals surface area (Å²) in [5.74, 6) is 0. The molecule has 12 rings (SSSR count). The van der Waals surface area contributed by atoms with Gasteiger partial charge in [-0.25, -0.2) is 0 Å². The molecule has 0 bridgehead atoms. The van der Waals surface area contributed by atoms with E-state index in [0.29, 0.717) is 0 Å². The van der Waals surface area contributed by atoms with E-state index in [9.17, 15) is 0 Å². The fourth-order valence-corrected chi connectivity index (χ4v) is 11.7. The van der Waals surface area contributed by atoms with Crippen LogP contribution in [0.25, 0.3) is 96.7 Å². The summed E-state index contributed by atoms with van der Waals surface area (Å²) in [6.45, 7) is 4.86. The van der Waals surface area contributed by atoms with E-state index in [0.717, 1.165) is 12.8 Å². The van der Waals surface area contributed by atoms with Gasteiger partial charge < -0.3 is 0 Å². The van der Waals surface area contributed by atoms with Crippen LogP contribution >= 0.6 is 11.3 Å². The number of hydrogen-bond donors (Lipinski definition) is 0. The summed E-state index contributed by atoms with van der Waals surface area (Å²) >= 11 is 1.95. The molecule has 1 heterocycles. The van der Waals surface area contributed by atoms with Gasteiger partial charge in [-0.1, -0.05) is 172 Å². The van der Waals surface area contributed by atoms with Crippen molar-refractivity contribution in [3.63, 3.8) is 0 Å². The molecule has 10 aromatic rings. The maximum atomic E-state index is 2.49. The quantitative estimate of drug-likeness (QED) is 0.159. The Kier molecular flexibility index (Phi) is 6.78. The molecule has 0 aliphatic heterocycles.